The van der Waals surface area contributed by atoms with E-state index in [1.807, 2.05) is 6.07 Å². The summed E-state index contributed by atoms with van der Waals surface area (Å²) in [5.74, 6) is -0.434. The van der Waals surface area contributed by atoms with Crippen molar-refractivity contribution in [3.05, 3.63) is 57.8 Å². The zero-order valence-electron chi connectivity index (χ0n) is 8.95. The molecule has 0 aliphatic heterocycles. The molecule has 0 heterocycles. The summed E-state index contributed by atoms with van der Waals surface area (Å²) >= 11 is 13.0. The summed E-state index contributed by atoms with van der Waals surface area (Å²) in [4.78, 5) is 1.48. The summed E-state index contributed by atoms with van der Waals surface area (Å²) in [6.45, 7) is 0. The van der Waals surface area contributed by atoms with Crippen LogP contribution in [0, 0.1) is 17.1 Å². The maximum Gasteiger partial charge on any atom is 0.125 e. The van der Waals surface area contributed by atoms with E-state index in [1.54, 1.807) is 24.3 Å². The lowest BCUT2D eigenvalue weighted by Gasteiger charge is -2.04. The fourth-order valence-corrected chi connectivity index (χ4v) is 2.67. The van der Waals surface area contributed by atoms with Crippen LogP contribution in [0.3, 0.4) is 0 Å². The highest BCUT2D eigenvalue weighted by molar-refractivity contribution is 7.99. The van der Waals surface area contributed by atoms with Gasteiger partial charge in [0.2, 0.25) is 0 Å². The fraction of sp³-hybridized carbons (Fsp3) is 0. The molecule has 0 fully saturated rings. The van der Waals surface area contributed by atoms with Gasteiger partial charge >= 0.3 is 0 Å². The Kier molecular flexibility index (Phi) is 4.13. The van der Waals surface area contributed by atoms with Crippen molar-refractivity contribution < 1.29 is 4.39 Å². The summed E-state index contributed by atoms with van der Waals surface area (Å²) in [5.41, 5.74) is 0.289. The molecule has 0 bridgehead atoms. The lowest BCUT2D eigenvalue weighted by atomic mass is 10.2. The van der Waals surface area contributed by atoms with Gasteiger partial charge < -0.3 is 0 Å². The number of rotatable bonds is 2. The number of hydrogen-bond acceptors (Lipinski definition) is 2. The van der Waals surface area contributed by atoms with E-state index in [9.17, 15) is 4.39 Å². The van der Waals surface area contributed by atoms with Crippen molar-refractivity contribution in [2.75, 3.05) is 0 Å². The Morgan fingerprint density at radius 2 is 1.78 bits per heavy atom. The Balaban J connectivity index is 2.31. The third-order valence-corrected chi connectivity index (χ3v) is 3.83. The van der Waals surface area contributed by atoms with Gasteiger partial charge in [0.05, 0.1) is 21.7 Å². The highest BCUT2D eigenvalue weighted by Gasteiger charge is 2.05. The fourth-order valence-electron chi connectivity index (χ4n) is 1.36. The summed E-state index contributed by atoms with van der Waals surface area (Å²) < 4.78 is 13.2. The topological polar surface area (TPSA) is 23.8 Å². The number of benzene rings is 2. The summed E-state index contributed by atoms with van der Waals surface area (Å²) in [7, 11) is 0. The van der Waals surface area contributed by atoms with Crippen LogP contribution in [-0.2, 0) is 0 Å². The molecule has 0 aromatic heterocycles. The van der Waals surface area contributed by atoms with Crippen molar-refractivity contribution in [2.24, 2.45) is 0 Å². The second-order valence-electron chi connectivity index (χ2n) is 3.47. The number of nitrogens with zero attached hydrogens (tertiary/aromatic N) is 1. The highest BCUT2D eigenvalue weighted by Crippen LogP contribution is 2.33. The average molecular weight is 298 g/mol. The molecule has 0 saturated carbocycles. The molecule has 0 radical (unpaired) electrons. The predicted molar refractivity (Wildman–Crippen MR) is 71.7 cm³/mol. The summed E-state index contributed by atoms with van der Waals surface area (Å²) in [5, 5.41) is 9.68. The molecule has 18 heavy (non-hydrogen) atoms. The molecule has 5 heteroatoms. The minimum Gasteiger partial charge on any atom is -0.207 e. The van der Waals surface area contributed by atoms with Crippen molar-refractivity contribution in [2.45, 2.75) is 9.79 Å². The zero-order valence-corrected chi connectivity index (χ0v) is 11.3. The van der Waals surface area contributed by atoms with E-state index in [0.29, 0.717) is 14.9 Å². The second-order valence-corrected chi connectivity index (χ2v) is 5.43. The van der Waals surface area contributed by atoms with E-state index in [-0.39, 0.29) is 5.56 Å². The summed E-state index contributed by atoms with van der Waals surface area (Å²) in [6.07, 6.45) is 0. The molecule has 0 aliphatic rings. The first-order valence-electron chi connectivity index (χ1n) is 4.92. The SMILES string of the molecule is N#Cc1cc(F)cc(Sc2ccc(Cl)c(Cl)c2)c1. The predicted octanol–water partition coefficient (Wildman–Crippen LogP) is 5.16. The molecule has 90 valence electrons. The normalized spacial score (nSPS) is 10.1. The van der Waals surface area contributed by atoms with Crippen LogP contribution in [0.4, 0.5) is 4.39 Å². The number of nitriles is 1. The largest absolute Gasteiger partial charge is 0.207 e. The van der Waals surface area contributed by atoms with Gasteiger partial charge in [-0.1, -0.05) is 35.0 Å². The Morgan fingerprint density at radius 3 is 2.44 bits per heavy atom. The Labute approximate surface area is 118 Å². The van der Waals surface area contributed by atoms with Crippen LogP contribution in [0.2, 0.25) is 10.0 Å². The molecular formula is C13H6Cl2FNS. The van der Waals surface area contributed by atoms with Gasteiger partial charge in [0.25, 0.3) is 0 Å². The van der Waals surface area contributed by atoms with Gasteiger partial charge in [-0.2, -0.15) is 5.26 Å². The minimum absolute atomic E-state index is 0.289. The van der Waals surface area contributed by atoms with Crippen molar-refractivity contribution >= 4 is 35.0 Å². The van der Waals surface area contributed by atoms with Crippen LogP contribution < -0.4 is 0 Å². The molecule has 0 saturated heterocycles. The first kappa shape index (κ1) is 13.2. The molecule has 2 aromatic rings. The van der Waals surface area contributed by atoms with Crippen LogP contribution in [-0.4, -0.2) is 0 Å². The maximum absolute atomic E-state index is 13.2. The van der Waals surface area contributed by atoms with Crippen LogP contribution in [0.15, 0.2) is 46.2 Å². The first-order valence-corrected chi connectivity index (χ1v) is 6.49. The molecule has 0 amide bonds. The van der Waals surface area contributed by atoms with E-state index >= 15 is 0 Å². The molecular weight excluding hydrogens is 292 g/mol. The first-order chi connectivity index (χ1) is 8.58. The Bertz CT molecular complexity index is 637. The maximum atomic E-state index is 13.2. The quantitative estimate of drug-likeness (QED) is 0.765. The third-order valence-electron chi connectivity index (χ3n) is 2.13. The van der Waals surface area contributed by atoms with Crippen LogP contribution in [0.1, 0.15) is 5.56 Å². The molecule has 0 atom stereocenters. The monoisotopic (exact) mass is 297 g/mol. The number of hydrogen-bond donors (Lipinski definition) is 0. The van der Waals surface area contributed by atoms with E-state index < -0.39 is 5.82 Å². The smallest absolute Gasteiger partial charge is 0.125 e. The average Bonchev–Trinajstić information content (AvgIpc) is 2.33. The van der Waals surface area contributed by atoms with Gasteiger partial charge in [-0.05, 0) is 36.4 Å². The molecule has 2 aromatic carbocycles. The Hall–Kier alpha value is -1.21. The van der Waals surface area contributed by atoms with Crippen LogP contribution in [0.5, 0.6) is 0 Å². The highest BCUT2D eigenvalue weighted by atomic mass is 35.5. The zero-order chi connectivity index (χ0) is 13.1. The van der Waals surface area contributed by atoms with Crippen molar-refractivity contribution in [3.63, 3.8) is 0 Å². The molecule has 0 aliphatic carbocycles. The standard InChI is InChI=1S/C13H6Cl2FNS/c14-12-2-1-10(6-13(12)15)18-11-4-8(7-17)3-9(16)5-11/h1-6H. The van der Waals surface area contributed by atoms with E-state index in [4.69, 9.17) is 28.5 Å². The third kappa shape index (κ3) is 3.17. The van der Waals surface area contributed by atoms with Crippen LogP contribution >= 0.6 is 35.0 Å². The van der Waals surface area contributed by atoms with Crippen LogP contribution in [0.25, 0.3) is 0 Å². The van der Waals surface area contributed by atoms with E-state index in [2.05, 4.69) is 0 Å². The van der Waals surface area contributed by atoms with Crippen molar-refractivity contribution in [1.29, 1.82) is 5.26 Å². The van der Waals surface area contributed by atoms with Gasteiger partial charge in [-0.15, -0.1) is 0 Å². The van der Waals surface area contributed by atoms with E-state index in [0.717, 1.165) is 4.90 Å². The summed E-state index contributed by atoms with van der Waals surface area (Å²) in [6, 6.07) is 11.3. The molecule has 0 N–H and O–H groups in total. The van der Waals surface area contributed by atoms with Gasteiger partial charge in [0, 0.05) is 9.79 Å². The van der Waals surface area contributed by atoms with Gasteiger partial charge in [-0.3, -0.25) is 0 Å². The second kappa shape index (κ2) is 5.62. The van der Waals surface area contributed by atoms with Crippen molar-refractivity contribution in [1.82, 2.24) is 0 Å². The van der Waals surface area contributed by atoms with E-state index in [1.165, 1.54) is 23.9 Å². The minimum atomic E-state index is -0.434. The Morgan fingerprint density at radius 1 is 1.00 bits per heavy atom. The molecule has 1 nitrogen and oxygen atoms in total. The lowest BCUT2D eigenvalue weighted by Crippen LogP contribution is -1.82. The molecule has 2 rings (SSSR count). The lowest BCUT2D eigenvalue weighted by molar-refractivity contribution is 0.623. The van der Waals surface area contributed by atoms with Gasteiger partial charge in [-0.25, -0.2) is 4.39 Å². The van der Waals surface area contributed by atoms with Gasteiger partial charge in [0.1, 0.15) is 5.82 Å². The van der Waals surface area contributed by atoms with Gasteiger partial charge in [0.15, 0.2) is 0 Å². The molecule has 0 unspecified atom stereocenters. The molecule has 0 spiro atoms. The van der Waals surface area contributed by atoms with Crippen molar-refractivity contribution in [3.8, 4) is 6.07 Å². The number of halogens is 3.